The molecule has 0 atom stereocenters. The van der Waals surface area contributed by atoms with Crippen molar-refractivity contribution in [1.29, 1.82) is 0 Å². The van der Waals surface area contributed by atoms with Crippen molar-refractivity contribution in [3.63, 3.8) is 0 Å². The summed E-state index contributed by atoms with van der Waals surface area (Å²) in [4.78, 5) is 2.24. The summed E-state index contributed by atoms with van der Waals surface area (Å²) < 4.78 is 27.3. The Labute approximate surface area is 74.6 Å². The largest absolute Gasteiger partial charge is 0.395 e. The lowest BCUT2D eigenvalue weighted by atomic mass is 10.8. The van der Waals surface area contributed by atoms with Gasteiger partial charge in [-0.15, -0.1) is 4.24 Å². The minimum atomic E-state index is -4.15. The molecule has 11 heavy (non-hydrogen) atoms. The number of nitrogens with one attached hydrogen (secondary N) is 2. The molecule has 70 valence electrons. The molecule has 0 rings (SSSR count). The molecule has 0 aliphatic carbocycles. The second-order valence-electron chi connectivity index (χ2n) is 1.16. The van der Waals surface area contributed by atoms with E-state index in [1.54, 1.807) is 0 Å². The monoisotopic (exact) mass is 226 g/mol. The minimum absolute atomic E-state index is 0.101. The van der Waals surface area contributed by atoms with Crippen molar-refractivity contribution in [2.45, 2.75) is 0 Å². The molecule has 0 aromatic rings. The molecule has 0 fully saturated rings. The van der Waals surface area contributed by atoms with Gasteiger partial charge in [-0.1, -0.05) is 0 Å². The first-order valence-electron chi connectivity index (χ1n) is 2.27. The second kappa shape index (κ2) is 8.47. The maximum Gasteiger partial charge on any atom is 0.346 e. The van der Waals surface area contributed by atoms with Gasteiger partial charge in [-0.25, -0.2) is 4.84 Å². The van der Waals surface area contributed by atoms with Gasteiger partial charge in [0.15, 0.2) is 0 Å². The number of hydrogen-bond donors (Lipinski definition) is 4. The van der Waals surface area contributed by atoms with E-state index < -0.39 is 10.3 Å². The summed E-state index contributed by atoms with van der Waals surface area (Å²) >= 11 is 9.28. The lowest BCUT2D eigenvalue weighted by Gasteiger charge is -1.81. The molecule has 0 radical (unpaired) electrons. The molecule has 0 aromatic heterocycles. The molecule has 0 aromatic carbocycles. The van der Waals surface area contributed by atoms with Crippen molar-refractivity contribution >= 4 is 33.9 Å². The summed E-state index contributed by atoms with van der Waals surface area (Å²) in [6, 6.07) is 0. The molecule has 0 unspecified atom stereocenters. The van der Waals surface area contributed by atoms with Gasteiger partial charge in [0.1, 0.15) is 0 Å². The summed E-state index contributed by atoms with van der Waals surface area (Å²) in [7, 11) is -4.15. The predicted molar refractivity (Wildman–Crippen MR) is 41.5 cm³/mol. The van der Waals surface area contributed by atoms with Crippen LogP contribution in [0.25, 0.3) is 0 Å². The van der Waals surface area contributed by atoms with Gasteiger partial charge in [-0.3, -0.25) is 4.55 Å². The van der Waals surface area contributed by atoms with Crippen LogP contribution in [0.3, 0.4) is 0 Å². The molecule has 0 aliphatic rings. The summed E-state index contributed by atoms with van der Waals surface area (Å²) in [6.45, 7) is 0.561. The van der Waals surface area contributed by atoms with Gasteiger partial charge < -0.3 is 5.11 Å². The highest BCUT2D eigenvalue weighted by Crippen LogP contribution is 1.70. The van der Waals surface area contributed by atoms with Crippen molar-refractivity contribution in [2.24, 2.45) is 0 Å². The first-order chi connectivity index (χ1) is 4.97. The number of aliphatic hydroxyl groups is 1. The Kier molecular flexibility index (Phi) is 10.7. The Hall–Kier alpha value is 0.370. The van der Waals surface area contributed by atoms with Gasteiger partial charge in [0.25, 0.3) is 0 Å². The Morgan fingerprint density at radius 1 is 1.36 bits per heavy atom. The van der Waals surface area contributed by atoms with E-state index in [4.69, 9.17) is 21.4 Å². The van der Waals surface area contributed by atoms with E-state index in [9.17, 15) is 8.42 Å². The van der Waals surface area contributed by atoms with Crippen LogP contribution in [0.15, 0.2) is 0 Å². The van der Waals surface area contributed by atoms with E-state index in [1.165, 1.54) is 0 Å². The van der Waals surface area contributed by atoms with E-state index in [0.29, 0.717) is 6.54 Å². The van der Waals surface area contributed by atoms with Gasteiger partial charge in [0.2, 0.25) is 0 Å². The zero-order valence-electron chi connectivity index (χ0n) is 5.29. The van der Waals surface area contributed by atoms with Gasteiger partial charge >= 0.3 is 10.3 Å². The molecular formula is C2H8Cl2N2O4S. The number of rotatable bonds is 3. The molecule has 4 N–H and O–H groups in total. The quantitative estimate of drug-likeness (QED) is 0.375. The fourth-order valence-electron chi connectivity index (χ4n) is 0.0423. The van der Waals surface area contributed by atoms with Crippen LogP contribution in [0.4, 0.5) is 0 Å². The second-order valence-corrected chi connectivity index (χ2v) is 2.99. The summed E-state index contributed by atoms with van der Waals surface area (Å²) in [5.74, 6) is 0. The van der Waals surface area contributed by atoms with Gasteiger partial charge in [-0.2, -0.15) is 8.42 Å². The minimum Gasteiger partial charge on any atom is -0.395 e. The van der Waals surface area contributed by atoms with E-state index in [-0.39, 0.29) is 6.61 Å². The molecular weight excluding hydrogens is 219 g/mol. The molecule has 0 aliphatic heterocycles. The highest BCUT2D eigenvalue weighted by Gasteiger charge is 1.93. The third kappa shape index (κ3) is 25.2. The lowest BCUT2D eigenvalue weighted by Crippen LogP contribution is -2.09. The van der Waals surface area contributed by atoms with E-state index >= 15 is 0 Å². The summed E-state index contributed by atoms with van der Waals surface area (Å²) in [5, 5.41) is 7.92. The molecule has 0 bridgehead atoms. The Morgan fingerprint density at radius 2 is 1.73 bits per heavy atom. The van der Waals surface area contributed by atoms with E-state index in [0.717, 1.165) is 4.24 Å². The van der Waals surface area contributed by atoms with Crippen LogP contribution in [0.2, 0.25) is 0 Å². The van der Waals surface area contributed by atoms with Crippen molar-refractivity contribution in [1.82, 2.24) is 9.08 Å². The molecule has 0 heterocycles. The molecule has 0 saturated carbocycles. The third-order valence-electron chi connectivity index (χ3n) is 0.304. The molecule has 0 amide bonds. The van der Waals surface area contributed by atoms with Crippen LogP contribution in [0, 0.1) is 0 Å². The van der Waals surface area contributed by atoms with Crippen LogP contribution in [0.1, 0.15) is 0 Å². The maximum atomic E-state index is 9.31. The van der Waals surface area contributed by atoms with Crippen LogP contribution in [0.5, 0.6) is 0 Å². The van der Waals surface area contributed by atoms with Crippen LogP contribution < -0.4 is 9.08 Å². The Bertz CT molecular complexity index is 157. The average molecular weight is 227 g/mol. The smallest absolute Gasteiger partial charge is 0.346 e. The Balaban J connectivity index is 0. The standard InChI is InChI=1S/C2H6ClNO.ClH2NO3S/c3-4-1-2-5;1-2-6(3,4)5/h4-5H,1-2H2;2H,(H,3,4,5). The van der Waals surface area contributed by atoms with Crippen LogP contribution >= 0.6 is 23.6 Å². The van der Waals surface area contributed by atoms with Crippen LogP contribution in [-0.4, -0.2) is 31.2 Å². The summed E-state index contributed by atoms with van der Waals surface area (Å²) in [6.07, 6.45) is 0. The van der Waals surface area contributed by atoms with Crippen molar-refractivity contribution < 1.29 is 18.1 Å². The normalized spacial score (nSPS) is 10.2. The van der Waals surface area contributed by atoms with E-state index in [1.807, 2.05) is 0 Å². The fraction of sp³-hybridized carbons (Fsp3) is 1.00. The van der Waals surface area contributed by atoms with Gasteiger partial charge in [-0.05, 0) is 23.6 Å². The highest BCUT2D eigenvalue weighted by molar-refractivity contribution is 7.84. The zero-order valence-corrected chi connectivity index (χ0v) is 7.62. The Morgan fingerprint density at radius 3 is 1.73 bits per heavy atom. The van der Waals surface area contributed by atoms with Crippen LogP contribution in [-0.2, 0) is 10.3 Å². The fourth-order valence-corrected chi connectivity index (χ4v) is 0.127. The third-order valence-corrected chi connectivity index (χ3v) is 1.27. The number of halogens is 2. The first-order valence-corrected chi connectivity index (χ1v) is 4.46. The zero-order chi connectivity index (χ0) is 9.33. The summed E-state index contributed by atoms with van der Waals surface area (Å²) in [5.41, 5.74) is 0. The lowest BCUT2D eigenvalue weighted by molar-refractivity contribution is 0.302. The molecule has 0 spiro atoms. The molecule has 6 nitrogen and oxygen atoms in total. The SMILES string of the molecule is O=S(=O)(O)NCl.OCCNCl. The van der Waals surface area contributed by atoms with Crippen molar-refractivity contribution in [3.05, 3.63) is 0 Å². The molecule has 0 saturated heterocycles. The predicted octanol–water partition coefficient (Wildman–Crippen LogP) is -0.745. The van der Waals surface area contributed by atoms with Gasteiger partial charge in [0, 0.05) is 6.54 Å². The average Bonchev–Trinajstić information content (AvgIpc) is 1.90. The van der Waals surface area contributed by atoms with E-state index in [2.05, 4.69) is 16.6 Å². The highest BCUT2D eigenvalue weighted by atomic mass is 35.5. The van der Waals surface area contributed by atoms with Gasteiger partial charge in [0.05, 0.1) is 6.61 Å². The topological polar surface area (TPSA) is 98.7 Å². The van der Waals surface area contributed by atoms with Crippen molar-refractivity contribution in [3.8, 4) is 0 Å². The molecule has 9 heteroatoms. The van der Waals surface area contributed by atoms with Crippen molar-refractivity contribution in [2.75, 3.05) is 13.2 Å². The number of hydrogen-bond acceptors (Lipinski definition) is 4. The maximum absolute atomic E-state index is 9.31. The first kappa shape index (κ1) is 13.9. The number of aliphatic hydroxyl groups excluding tert-OH is 1.